The van der Waals surface area contributed by atoms with Crippen LogP contribution >= 0.6 is 0 Å². The third kappa shape index (κ3) is 4.94. The molecule has 0 aromatic carbocycles. The van der Waals surface area contributed by atoms with Crippen LogP contribution in [0.3, 0.4) is 0 Å². The highest BCUT2D eigenvalue weighted by Gasteiger charge is 2.25. The van der Waals surface area contributed by atoms with Gasteiger partial charge in [0.25, 0.3) is 0 Å². The normalized spacial score (nSPS) is 27.3. The molecule has 0 amide bonds. The summed E-state index contributed by atoms with van der Waals surface area (Å²) in [5.41, 5.74) is 0. The average molecular weight is 293 g/mol. The molecule has 1 aliphatic carbocycles. The van der Waals surface area contributed by atoms with Gasteiger partial charge in [-0.15, -0.1) is 0 Å². The lowest BCUT2D eigenvalue weighted by Crippen LogP contribution is -2.51. The maximum Gasteiger partial charge on any atom is 0.0521 e. The van der Waals surface area contributed by atoms with Crippen LogP contribution in [0, 0.1) is 0 Å². The van der Waals surface area contributed by atoms with Gasteiger partial charge in [0.1, 0.15) is 0 Å². The molecule has 0 atom stereocenters. The van der Waals surface area contributed by atoms with Crippen molar-refractivity contribution in [1.82, 2.24) is 14.7 Å². The topological polar surface area (TPSA) is 9.72 Å². The SMILES string of the molecule is C1CCC(N(CN2CCCCC2)CN2CCCCC2)CC1. The van der Waals surface area contributed by atoms with Crippen molar-refractivity contribution < 1.29 is 0 Å². The van der Waals surface area contributed by atoms with Crippen molar-refractivity contribution >= 4 is 0 Å². The minimum Gasteiger partial charge on any atom is -0.290 e. The Bertz CT molecular complexity index is 256. The predicted octanol–water partition coefficient (Wildman–Crippen LogP) is 3.51. The summed E-state index contributed by atoms with van der Waals surface area (Å²) in [6.45, 7) is 7.82. The predicted molar refractivity (Wildman–Crippen MR) is 89.3 cm³/mol. The van der Waals surface area contributed by atoms with E-state index < -0.39 is 0 Å². The van der Waals surface area contributed by atoms with Crippen LogP contribution in [0.2, 0.25) is 0 Å². The van der Waals surface area contributed by atoms with Gasteiger partial charge in [-0.1, -0.05) is 32.1 Å². The quantitative estimate of drug-likeness (QED) is 0.768. The van der Waals surface area contributed by atoms with Crippen molar-refractivity contribution in [3.8, 4) is 0 Å². The second kappa shape index (κ2) is 8.50. The summed E-state index contributed by atoms with van der Waals surface area (Å²) >= 11 is 0. The average Bonchev–Trinajstić information content (AvgIpc) is 2.57. The van der Waals surface area contributed by atoms with Gasteiger partial charge in [-0.05, 0) is 64.7 Å². The highest BCUT2D eigenvalue weighted by Crippen LogP contribution is 2.24. The van der Waals surface area contributed by atoms with Crippen molar-refractivity contribution in [3.63, 3.8) is 0 Å². The Labute approximate surface area is 131 Å². The van der Waals surface area contributed by atoms with E-state index >= 15 is 0 Å². The highest BCUT2D eigenvalue weighted by atomic mass is 15.4. The van der Waals surface area contributed by atoms with E-state index in [1.807, 2.05) is 0 Å². The zero-order valence-electron chi connectivity index (χ0n) is 13.9. The van der Waals surface area contributed by atoms with Gasteiger partial charge in [0.15, 0.2) is 0 Å². The standard InChI is InChI=1S/C18H35N3/c1-4-10-18(11-5-1)21(16-19-12-6-2-7-13-19)17-20-14-8-3-9-15-20/h18H,1-17H2. The molecule has 0 unspecified atom stereocenters. The van der Waals surface area contributed by atoms with Crippen LogP contribution in [-0.4, -0.2) is 60.3 Å². The molecule has 3 nitrogen and oxygen atoms in total. The Morgan fingerprint density at radius 2 is 1.00 bits per heavy atom. The van der Waals surface area contributed by atoms with Crippen LogP contribution in [0.5, 0.6) is 0 Å². The van der Waals surface area contributed by atoms with E-state index in [2.05, 4.69) is 14.7 Å². The fourth-order valence-electron chi connectivity index (χ4n) is 4.44. The van der Waals surface area contributed by atoms with Crippen LogP contribution in [-0.2, 0) is 0 Å². The number of rotatable bonds is 5. The second-order valence-electron chi connectivity index (χ2n) is 7.52. The smallest absolute Gasteiger partial charge is 0.0521 e. The molecule has 0 N–H and O–H groups in total. The van der Waals surface area contributed by atoms with Crippen LogP contribution in [0.1, 0.15) is 70.6 Å². The summed E-state index contributed by atoms with van der Waals surface area (Å²) in [6, 6.07) is 0.864. The minimum absolute atomic E-state index is 0.864. The summed E-state index contributed by atoms with van der Waals surface area (Å²) in [5.74, 6) is 0. The molecular formula is C18H35N3. The molecule has 0 radical (unpaired) electrons. The van der Waals surface area contributed by atoms with Crippen LogP contribution < -0.4 is 0 Å². The Kier molecular flexibility index (Phi) is 6.38. The monoisotopic (exact) mass is 293 g/mol. The number of hydrogen-bond acceptors (Lipinski definition) is 3. The first-order valence-corrected chi connectivity index (χ1v) is 9.60. The van der Waals surface area contributed by atoms with E-state index in [-0.39, 0.29) is 0 Å². The first kappa shape index (κ1) is 15.8. The molecule has 0 bridgehead atoms. The summed E-state index contributed by atoms with van der Waals surface area (Å²) in [4.78, 5) is 8.29. The molecule has 0 aromatic rings. The summed E-state index contributed by atoms with van der Waals surface area (Å²) < 4.78 is 0. The van der Waals surface area contributed by atoms with Crippen molar-refractivity contribution in [2.75, 3.05) is 39.5 Å². The zero-order valence-corrected chi connectivity index (χ0v) is 13.9. The van der Waals surface area contributed by atoms with Gasteiger partial charge in [-0.3, -0.25) is 14.7 Å². The first-order valence-electron chi connectivity index (χ1n) is 9.60. The van der Waals surface area contributed by atoms with E-state index in [1.54, 1.807) is 0 Å². The van der Waals surface area contributed by atoms with Crippen molar-refractivity contribution in [2.45, 2.75) is 76.7 Å². The fourth-order valence-corrected chi connectivity index (χ4v) is 4.44. The first-order chi connectivity index (χ1) is 10.4. The van der Waals surface area contributed by atoms with Gasteiger partial charge in [-0.25, -0.2) is 0 Å². The maximum absolute atomic E-state index is 2.84. The van der Waals surface area contributed by atoms with Gasteiger partial charge in [0.2, 0.25) is 0 Å². The maximum atomic E-state index is 2.84. The minimum atomic E-state index is 0.864. The number of hydrogen-bond donors (Lipinski definition) is 0. The Morgan fingerprint density at radius 1 is 0.571 bits per heavy atom. The van der Waals surface area contributed by atoms with Gasteiger partial charge in [0, 0.05) is 6.04 Å². The van der Waals surface area contributed by atoms with Gasteiger partial charge < -0.3 is 0 Å². The van der Waals surface area contributed by atoms with E-state index in [1.165, 1.54) is 110 Å². The lowest BCUT2D eigenvalue weighted by Gasteiger charge is -2.42. The highest BCUT2D eigenvalue weighted by molar-refractivity contribution is 4.78. The lowest BCUT2D eigenvalue weighted by molar-refractivity contribution is 0.0122. The molecule has 2 heterocycles. The molecular weight excluding hydrogens is 258 g/mol. The lowest BCUT2D eigenvalue weighted by atomic mass is 9.94. The Hall–Kier alpha value is -0.120. The molecule has 0 aromatic heterocycles. The molecule has 21 heavy (non-hydrogen) atoms. The van der Waals surface area contributed by atoms with E-state index in [0.717, 1.165) is 6.04 Å². The number of nitrogens with zero attached hydrogens (tertiary/aromatic N) is 3. The van der Waals surface area contributed by atoms with Gasteiger partial charge >= 0.3 is 0 Å². The van der Waals surface area contributed by atoms with E-state index in [4.69, 9.17) is 0 Å². The molecule has 3 fully saturated rings. The second-order valence-corrected chi connectivity index (χ2v) is 7.52. The molecule has 3 aliphatic rings. The Balaban J connectivity index is 1.55. The molecule has 0 spiro atoms. The summed E-state index contributed by atoms with van der Waals surface area (Å²) in [7, 11) is 0. The van der Waals surface area contributed by atoms with Crippen molar-refractivity contribution in [1.29, 1.82) is 0 Å². The molecule has 1 saturated carbocycles. The number of piperidine rings is 2. The fraction of sp³-hybridized carbons (Fsp3) is 1.00. The van der Waals surface area contributed by atoms with Crippen LogP contribution in [0.25, 0.3) is 0 Å². The number of likely N-dealkylation sites (tertiary alicyclic amines) is 2. The third-order valence-electron chi connectivity index (χ3n) is 5.75. The molecule has 2 saturated heterocycles. The summed E-state index contributed by atoms with van der Waals surface area (Å²) in [5, 5.41) is 0. The van der Waals surface area contributed by atoms with Crippen LogP contribution in [0.15, 0.2) is 0 Å². The molecule has 2 aliphatic heterocycles. The molecule has 3 heteroatoms. The van der Waals surface area contributed by atoms with Gasteiger partial charge in [0.05, 0.1) is 13.3 Å². The van der Waals surface area contributed by atoms with E-state index in [0.29, 0.717) is 0 Å². The van der Waals surface area contributed by atoms with Gasteiger partial charge in [-0.2, -0.15) is 0 Å². The summed E-state index contributed by atoms with van der Waals surface area (Å²) in [6.07, 6.45) is 15.9. The van der Waals surface area contributed by atoms with Crippen LogP contribution in [0.4, 0.5) is 0 Å². The van der Waals surface area contributed by atoms with E-state index in [9.17, 15) is 0 Å². The van der Waals surface area contributed by atoms with Crippen molar-refractivity contribution in [3.05, 3.63) is 0 Å². The zero-order chi connectivity index (χ0) is 14.3. The molecule has 3 rings (SSSR count). The van der Waals surface area contributed by atoms with Crippen molar-refractivity contribution in [2.24, 2.45) is 0 Å². The third-order valence-corrected chi connectivity index (χ3v) is 5.75. The molecule has 122 valence electrons. The largest absolute Gasteiger partial charge is 0.290 e. The Morgan fingerprint density at radius 3 is 1.48 bits per heavy atom.